The summed E-state index contributed by atoms with van der Waals surface area (Å²) in [4.78, 5) is 43.4. The lowest BCUT2D eigenvalue weighted by Crippen LogP contribution is -2.56. The molecule has 7 atom stereocenters. The van der Waals surface area contributed by atoms with Crippen molar-refractivity contribution in [2.75, 3.05) is 18.5 Å². The van der Waals surface area contributed by atoms with Crippen LogP contribution in [0, 0.1) is 24.7 Å². The van der Waals surface area contributed by atoms with E-state index in [4.69, 9.17) is 11.6 Å². The number of hydrogen-bond acceptors (Lipinski definition) is 5. The van der Waals surface area contributed by atoms with Gasteiger partial charge in [0.05, 0.1) is 39.9 Å². The number of benzene rings is 1. The molecule has 0 aliphatic carbocycles. The summed E-state index contributed by atoms with van der Waals surface area (Å²) < 4.78 is -1.16. The summed E-state index contributed by atoms with van der Waals surface area (Å²) in [7, 11) is 0. The van der Waals surface area contributed by atoms with Crippen molar-refractivity contribution in [2.24, 2.45) is 17.8 Å². The monoisotopic (exact) mass is 535 g/mol. The van der Waals surface area contributed by atoms with Crippen molar-refractivity contribution in [3.8, 4) is 0 Å². The van der Waals surface area contributed by atoms with E-state index in [0.29, 0.717) is 23.7 Å². The number of carbonyl (C=O) groups excluding carboxylic acids is 3. The second-order valence-corrected chi connectivity index (χ2v) is 13.1. The molecule has 1 spiro atoms. The molecular weight excluding hydrogens is 498 g/mol. The lowest BCUT2D eigenvalue weighted by molar-refractivity contribution is -0.143. The Kier molecular flexibility index (Phi) is 7.71. The number of carbonyl (C=O) groups is 3. The van der Waals surface area contributed by atoms with E-state index < -0.39 is 33.4 Å². The largest absolute Gasteiger partial charge is 0.394 e. The van der Waals surface area contributed by atoms with Gasteiger partial charge in [0.2, 0.25) is 17.7 Å². The molecule has 3 aliphatic heterocycles. The topological polar surface area (TPSA) is 98.7 Å². The van der Waals surface area contributed by atoms with Gasteiger partial charge in [0.15, 0.2) is 0 Å². The standard InChI is InChI=1S/C27H38ClN3O4S/c1-6-13-29-23(33)19-20-25(35)31(18(14-32)15(3)7-2)22(27(20)12-11-26(19,5)36-27)24(34)30-21-16(4)9-8-10-17(21)28/h8-10,15,18-20,22,32H,6-7,11-14H2,1-5H3,(H,29,33)(H,30,34)/t15-,18-,19-,20-,22?,26+,27?/m0/s1. The molecule has 3 saturated heterocycles. The van der Waals surface area contributed by atoms with Gasteiger partial charge in [-0.05, 0) is 50.7 Å². The molecule has 1 aromatic rings. The predicted molar refractivity (Wildman–Crippen MR) is 144 cm³/mol. The van der Waals surface area contributed by atoms with Crippen molar-refractivity contribution in [3.05, 3.63) is 28.8 Å². The molecule has 9 heteroatoms. The SMILES string of the molecule is CCCNC(=O)[C@@H]1[C@H]2C(=O)N([C@@H](CO)[C@@H](C)CC)C(C(=O)Nc3c(C)cccc3Cl)C23CC[C@@]1(C)S3. The zero-order chi connectivity index (χ0) is 26.4. The van der Waals surface area contributed by atoms with E-state index in [1.807, 2.05) is 39.8 Å². The number of likely N-dealkylation sites (tertiary alicyclic amines) is 1. The van der Waals surface area contributed by atoms with Crippen LogP contribution in [-0.4, -0.2) is 62.5 Å². The Labute approximate surface area is 223 Å². The first-order chi connectivity index (χ1) is 17.1. The number of nitrogens with one attached hydrogen (secondary N) is 2. The summed E-state index contributed by atoms with van der Waals surface area (Å²) >= 11 is 8.07. The van der Waals surface area contributed by atoms with Crippen molar-refractivity contribution in [1.82, 2.24) is 10.2 Å². The summed E-state index contributed by atoms with van der Waals surface area (Å²) in [5.41, 5.74) is 1.36. The number of hydrogen-bond donors (Lipinski definition) is 3. The zero-order valence-electron chi connectivity index (χ0n) is 21.8. The maximum absolute atomic E-state index is 14.2. The van der Waals surface area contributed by atoms with Gasteiger partial charge in [0, 0.05) is 11.3 Å². The zero-order valence-corrected chi connectivity index (χ0v) is 23.3. The number of halogens is 1. The van der Waals surface area contributed by atoms with Crippen LogP contribution in [0.15, 0.2) is 18.2 Å². The molecule has 0 aromatic heterocycles. The average molecular weight is 536 g/mol. The van der Waals surface area contributed by atoms with Gasteiger partial charge in [-0.3, -0.25) is 14.4 Å². The quantitative estimate of drug-likeness (QED) is 0.444. The van der Waals surface area contributed by atoms with Crippen molar-refractivity contribution >= 4 is 46.8 Å². The number of amides is 3. The average Bonchev–Trinajstić information content (AvgIpc) is 3.41. The minimum Gasteiger partial charge on any atom is -0.394 e. The molecular formula is C27H38ClN3O4S. The molecule has 0 saturated carbocycles. The van der Waals surface area contributed by atoms with E-state index in [1.165, 1.54) is 0 Å². The highest BCUT2D eigenvalue weighted by atomic mass is 35.5. The molecule has 3 amide bonds. The summed E-state index contributed by atoms with van der Waals surface area (Å²) in [6, 6.07) is 4.10. The Morgan fingerprint density at radius 3 is 2.61 bits per heavy atom. The third-order valence-corrected chi connectivity index (χ3v) is 10.9. The lowest BCUT2D eigenvalue weighted by Gasteiger charge is -2.39. The first kappa shape index (κ1) is 27.3. The minimum absolute atomic E-state index is 0.0170. The van der Waals surface area contributed by atoms with Gasteiger partial charge < -0.3 is 20.6 Å². The number of para-hydroxylation sites is 1. The maximum atomic E-state index is 14.2. The molecule has 1 aromatic carbocycles. The summed E-state index contributed by atoms with van der Waals surface area (Å²) in [6.45, 7) is 10.2. The Morgan fingerprint density at radius 2 is 2.00 bits per heavy atom. The van der Waals surface area contributed by atoms with E-state index in [2.05, 4.69) is 17.6 Å². The molecule has 3 fully saturated rings. The number of aliphatic hydroxyl groups excluding tert-OH is 1. The lowest BCUT2D eigenvalue weighted by atomic mass is 9.66. The summed E-state index contributed by atoms with van der Waals surface area (Å²) in [5.74, 6) is -1.77. The van der Waals surface area contributed by atoms with E-state index >= 15 is 0 Å². The van der Waals surface area contributed by atoms with Gasteiger partial charge in [0.25, 0.3) is 0 Å². The van der Waals surface area contributed by atoms with Crippen molar-refractivity contribution in [3.63, 3.8) is 0 Å². The van der Waals surface area contributed by atoms with Crippen molar-refractivity contribution in [2.45, 2.75) is 81.9 Å². The third-order valence-electron chi connectivity index (χ3n) is 8.61. The molecule has 2 bridgehead atoms. The molecule has 3 heterocycles. The van der Waals surface area contributed by atoms with Crippen LogP contribution in [0.5, 0.6) is 0 Å². The molecule has 2 unspecified atom stereocenters. The van der Waals surface area contributed by atoms with E-state index in [1.54, 1.807) is 22.7 Å². The van der Waals surface area contributed by atoms with Crippen LogP contribution >= 0.6 is 23.4 Å². The molecule has 0 radical (unpaired) electrons. The van der Waals surface area contributed by atoms with Crippen LogP contribution in [0.1, 0.15) is 58.9 Å². The number of anilines is 1. The van der Waals surface area contributed by atoms with Crippen LogP contribution in [-0.2, 0) is 14.4 Å². The number of aryl methyl sites for hydroxylation is 1. The van der Waals surface area contributed by atoms with Gasteiger partial charge in [-0.1, -0.05) is 50.9 Å². The number of fused-ring (bicyclic) bond motifs is 1. The highest BCUT2D eigenvalue weighted by molar-refractivity contribution is 8.02. The van der Waals surface area contributed by atoms with Crippen LogP contribution in [0.3, 0.4) is 0 Å². The highest BCUT2D eigenvalue weighted by Gasteiger charge is 2.77. The highest BCUT2D eigenvalue weighted by Crippen LogP contribution is 2.71. The maximum Gasteiger partial charge on any atom is 0.248 e. The Morgan fingerprint density at radius 1 is 1.28 bits per heavy atom. The Bertz CT molecular complexity index is 1030. The van der Waals surface area contributed by atoms with Crippen molar-refractivity contribution < 1.29 is 19.5 Å². The van der Waals surface area contributed by atoms with Crippen LogP contribution in [0.25, 0.3) is 0 Å². The molecule has 3 aliphatic rings. The normalized spacial score (nSPS) is 32.4. The minimum atomic E-state index is -0.812. The van der Waals surface area contributed by atoms with Gasteiger partial charge in [-0.2, -0.15) is 0 Å². The van der Waals surface area contributed by atoms with Crippen LogP contribution < -0.4 is 10.6 Å². The number of aliphatic hydroxyl groups is 1. The fourth-order valence-electron chi connectivity index (χ4n) is 6.58. The molecule has 36 heavy (non-hydrogen) atoms. The van der Waals surface area contributed by atoms with E-state index in [9.17, 15) is 19.5 Å². The smallest absolute Gasteiger partial charge is 0.248 e. The first-order valence-electron chi connectivity index (χ1n) is 13.0. The fraction of sp³-hybridized carbons (Fsp3) is 0.667. The summed E-state index contributed by atoms with van der Waals surface area (Å²) in [5, 5.41) is 16.9. The fourth-order valence-corrected chi connectivity index (χ4v) is 9.19. The summed E-state index contributed by atoms with van der Waals surface area (Å²) in [6.07, 6.45) is 2.97. The van der Waals surface area contributed by atoms with Gasteiger partial charge in [-0.25, -0.2) is 0 Å². The predicted octanol–water partition coefficient (Wildman–Crippen LogP) is 4.00. The second kappa shape index (κ2) is 10.2. The van der Waals surface area contributed by atoms with Crippen molar-refractivity contribution in [1.29, 1.82) is 0 Å². The Hall–Kier alpha value is -1.77. The Balaban J connectivity index is 1.80. The number of thioether (sulfide) groups is 1. The van der Waals surface area contributed by atoms with Crippen LogP contribution in [0.2, 0.25) is 5.02 Å². The van der Waals surface area contributed by atoms with E-state index in [-0.39, 0.29) is 30.2 Å². The van der Waals surface area contributed by atoms with Gasteiger partial charge in [0.1, 0.15) is 6.04 Å². The molecule has 198 valence electrons. The first-order valence-corrected chi connectivity index (χ1v) is 14.2. The third kappa shape index (κ3) is 4.13. The number of rotatable bonds is 9. The van der Waals surface area contributed by atoms with E-state index in [0.717, 1.165) is 24.8 Å². The second-order valence-electron chi connectivity index (χ2n) is 10.8. The van der Waals surface area contributed by atoms with Gasteiger partial charge >= 0.3 is 0 Å². The molecule has 7 nitrogen and oxygen atoms in total. The molecule has 4 rings (SSSR count). The number of nitrogens with zero attached hydrogens (tertiary/aromatic N) is 1. The van der Waals surface area contributed by atoms with Crippen LogP contribution in [0.4, 0.5) is 5.69 Å². The molecule has 3 N–H and O–H groups in total. The van der Waals surface area contributed by atoms with Gasteiger partial charge in [-0.15, -0.1) is 11.8 Å².